The van der Waals surface area contributed by atoms with Gasteiger partial charge in [0.25, 0.3) is 0 Å². The Morgan fingerprint density at radius 2 is 1.75 bits per heavy atom. The monoisotopic (exact) mass is 467 g/mol. The average molecular weight is 468 g/mol. The van der Waals surface area contributed by atoms with Gasteiger partial charge >= 0.3 is 17.9 Å². The first-order chi connectivity index (χ1) is 15.3. The third-order valence-electron chi connectivity index (χ3n) is 4.83. The van der Waals surface area contributed by atoms with E-state index in [0.717, 1.165) is 0 Å². The first-order valence-electron chi connectivity index (χ1n) is 10.2. The van der Waals surface area contributed by atoms with Crippen LogP contribution in [0.2, 0.25) is 0 Å². The maximum absolute atomic E-state index is 12.2. The number of anilines is 1. The number of hydrogen-bond acceptors (Lipinski definition) is 11. The SMILES string of the molecule is CCC(=O)OC[C@H]1O[C@@H](n2cnc3c(=S)nc(N)[nH]c32)[C@H](OC(=O)CC)[C@@H]1OC(=O)CC. The number of esters is 3. The molecule has 0 aromatic carbocycles. The van der Waals surface area contributed by atoms with Gasteiger partial charge in [-0.15, -0.1) is 0 Å². The Kier molecular flexibility index (Phi) is 7.40. The molecule has 0 spiro atoms. The van der Waals surface area contributed by atoms with Gasteiger partial charge < -0.3 is 29.7 Å². The Hall–Kier alpha value is -3.06. The summed E-state index contributed by atoms with van der Waals surface area (Å²) in [4.78, 5) is 47.1. The average Bonchev–Trinajstić information content (AvgIpc) is 3.33. The molecule has 3 rings (SSSR count). The van der Waals surface area contributed by atoms with E-state index in [1.165, 1.54) is 10.9 Å². The number of hydrogen-bond donors (Lipinski definition) is 2. The van der Waals surface area contributed by atoms with E-state index in [0.29, 0.717) is 11.2 Å². The Morgan fingerprint density at radius 3 is 2.38 bits per heavy atom. The number of nitrogen functional groups attached to an aromatic ring is 1. The molecule has 3 N–H and O–H groups in total. The van der Waals surface area contributed by atoms with Gasteiger partial charge in [-0.25, -0.2) is 9.97 Å². The zero-order chi connectivity index (χ0) is 23.4. The highest BCUT2D eigenvalue weighted by Gasteiger charge is 2.51. The number of ether oxygens (including phenoxy) is 4. The van der Waals surface area contributed by atoms with Crippen molar-refractivity contribution in [1.29, 1.82) is 0 Å². The van der Waals surface area contributed by atoms with Crippen molar-refractivity contribution in [3.05, 3.63) is 11.0 Å². The minimum absolute atomic E-state index is 0.0618. The fourth-order valence-electron chi connectivity index (χ4n) is 3.23. The number of nitrogens with one attached hydrogen (secondary N) is 1. The van der Waals surface area contributed by atoms with Crippen molar-refractivity contribution in [3.8, 4) is 0 Å². The third-order valence-corrected chi connectivity index (χ3v) is 5.12. The zero-order valence-corrected chi connectivity index (χ0v) is 18.7. The maximum atomic E-state index is 12.2. The molecule has 13 heteroatoms. The lowest BCUT2D eigenvalue weighted by atomic mass is 10.1. The molecule has 4 atom stereocenters. The molecule has 2 aromatic heterocycles. The Balaban J connectivity index is 2.04. The number of nitrogens with zero attached hydrogens (tertiary/aromatic N) is 3. The summed E-state index contributed by atoms with van der Waals surface area (Å²) in [6.07, 6.45) is -2.14. The minimum atomic E-state index is -1.04. The summed E-state index contributed by atoms with van der Waals surface area (Å²) >= 11 is 5.21. The molecule has 0 aliphatic carbocycles. The predicted molar refractivity (Wildman–Crippen MR) is 113 cm³/mol. The molecule has 1 fully saturated rings. The molecular weight excluding hydrogens is 442 g/mol. The normalized spacial score (nSPS) is 22.6. The molecule has 1 aliphatic heterocycles. The van der Waals surface area contributed by atoms with Crippen LogP contribution >= 0.6 is 12.2 Å². The molecule has 0 amide bonds. The van der Waals surface area contributed by atoms with Crippen LogP contribution in [0.3, 0.4) is 0 Å². The van der Waals surface area contributed by atoms with Crippen molar-refractivity contribution in [2.24, 2.45) is 0 Å². The van der Waals surface area contributed by atoms with Crippen molar-refractivity contribution in [2.75, 3.05) is 12.3 Å². The molecule has 32 heavy (non-hydrogen) atoms. The number of aromatic nitrogens is 4. The van der Waals surface area contributed by atoms with Crippen LogP contribution in [0, 0.1) is 4.64 Å². The van der Waals surface area contributed by atoms with Gasteiger partial charge in [-0.3, -0.25) is 19.0 Å². The summed E-state index contributed by atoms with van der Waals surface area (Å²) in [6.45, 7) is 4.72. The summed E-state index contributed by atoms with van der Waals surface area (Å²) in [5.74, 6) is -1.43. The molecule has 2 aromatic rings. The fourth-order valence-corrected chi connectivity index (χ4v) is 3.47. The number of carbonyl (C=O) groups is 3. The molecule has 0 radical (unpaired) electrons. The van der Waals surface area contributed by atoms with Crippen molar-refractivity contribution in [2.45, 2.75) is 64.6 Å². The number of rotatable bonds is 8. The Bertz CT molecular complexity index is 1070. The van der Waals surface area contributed by atoms with E-state index < -0.39 is 42.4 Å². The van der Waals surface area contributed by atoms with E-state index in [2.05, 4.69) is 15.0 Å². The van der Waals surface area contributed by atoms with Crippen LogP contribution in [0.4, 0.5) is 5.95 Å². The van der Waals surface area contributed by atoms with Crippen LogP contribution in [0.25, 0.3) is 11.2 Å². The molecular formula is C19H25N5O7S. The molecule has 0 saturated carbocycles. The Labute approximate surface area is 188 Å². The fraction of sp³-hybridized carbons (Fsp3) is 0.579. The topological polar surface area (TPSA) is 161 Å². The van der Waals surface area contributed by atoms with E-state index >= 15 is 0 Å². The van der Waals surface area contributed by atoms with E-state index in [1.54, 1.807) is 20.8 Å². The molecule has 1 saturated heterocycles. The predicted octanol–water partition coefficient (Wildman–Crippen LogP) is 1.57. The molecule has 12 nitrogen and oxygen atoms in total. The van der Waals surface area contributed by atoms with Gasteiger partial charge in [-0.05, 0) is 0 Å². The van der Waals surface area contributed by atoms with Gasteiger partial charge in [0.1, 0.15) is 23.9 Å². The van der Waals surface area contributed by atoms with E-state index in [9.17, 15) is 14.4 Å². The summed E-state index contributed by atoms with van der Waals surface area (Å²) in [7, 11) is 0. The number of fused-ring (bicyclic) bond motifs is 1. The second-order valence-electron chi connectivity index (χ2n) is 6.99. The van der Waals surface area contributed by atoms with Crippen molar-refractivity contribution < 1.29 is 33.3 Å². The van der Waals surface area contributed by atoms with Crippen LogP contribution < -0.4 is 5.73 Å². The highest BCUT2D eigenvalue weighted by atomic mass is 32.1. The van der Waals surface area contributed by atoms with Gasteiger partial charge in [0.05, 0.1) is 6.33 Å². The van der Waals surface area contributed by atoms with Crippen molar-refractivity contribution in [3.63, 3.8) is 0 Å². The number of aromatic amines is 1. The lowest BCUT2D eigenvalue weighted by molar-refractivity contribution is -0.169. The number of imidazole rings is 1. The Morgan fingerprint density at radius 1 is 1.12 bits per heavy atom. The van der Waals surface area contributed by atoms with Crippen molar-refractivity contribution >= 4 is 47.2 Å². The molecule has 0 bridgehead atoms. The summed E-state index contributed by atoms with van der Waals surface area (Å²) in [6, 6.07) is 0. The first-order valence-corrected chi connectivity index (χ1v) is 10.6. The quantitative estimate of drug-likeness (QED) is 0.329. The second-order valence-corrected chi connectivity index (χ2v) is 7.38. The first kappa shape index (κ1) is 23.6. The van der Waals surface area contributed by atoms with Gasteiger partial charge in [0.15, 0.2) is 29.0 Å². The smallest absolute Gasteiger partial charge is 0.306 e. The molecule has 0 unspecified atom stereocenters. The molecule has 174 valence electrons. The van der Waals surface area contributed by atoms with Crippen LogP contribution in [0.1, 0.15) is 46.3 Å². The van der Waals surface area contributed by atoms with Gasteiger partial charge in [-0.1, -0.05) is 33.0 Å². The lowest BCUT2D eigenvalue weighted by Crippen LogP contribution is -2.41. The zero-order valence-electron chi connectivity index (χ0n) is 17.9. The van der Waals surface area contributed by atoms with Crippen LogP contribution in [0.5, 0.6) is 0 Å². The van der Waals surface area contributed by atoms with Gasteiger partial charge in [0.2, 0.25) is 0 Å². The summed E-state index contributed by atoms with van der Waals surface area (Å²) < 4.78 is 24.2. The minimum Gasteiger partial charge on any atom is -0.463 e. The number of H-pyrrole nitrogens is 1. The van der Waals surface area contributed by atoms with Crippen LogP contribution in [-0.4, -0.2) is 62.3 Å². The number of nitrogens with two attached hydrogens (primary N) is 1. The molecule has 1 aliphatic rings. The highest BCUT2D eigenvalue weighted by molar-refractivity contribution is 7.71. The molecule has 3 heterocycles. The van der Waals surface area contributed by atoms with Gasteiger partial charge in [-0.2, -0.15) is 0 Å². The van der Waals surface area contributed by atoms with E-state index in [4.69, 9.17) is 36.9 Å². The summed E-state index contributed by atoms with van der Waals surface area (Å²) in [5, 5.41) is 0. The van der Waals surface area contributed by atoms with Crippen molar-refractivity contribution in [1.82, 2.24) is 19.5 Å². The van der Waals surface area contributed by atoms with E-state index in [-0.39, 0.29) is 36.5 Å². The van der Waals surface area contributed by atoms with Crippen LogP contribution in [-0.2, 0) is 33.3 Å². The van der Waals surface area contributed by atoms with Crippen LogP contribution in [0.15, 0.2) is 6.33 Å². The van der Waals surface area contributed by atoms with Gasteiger partial charge in [0, 0.05) is 19.3 Å². The lowest BCUT2D eigenvalue weighted by Gasteiger charge is -2.24. The highest BCUT2D eigenvalue weighted by Crippen LogP contribution is 2.36. The standard InChI is InChI=1S/C19H25N5O7S/c1-4-10(25)28-7-9-14(30-11(26)5-2)15(31-12(27)6-3)18(29-9)24-8-21-13-16(24)22-19(20)23-17(13)32/h8-9,14-15,18H,4-7H2,1-3H3,(H3,20,22,23,32)/t9-,14-,15-,18-/m1/s1. The van der Waals surface area contributed by atoms with E-state index in [1.807, 2.05) is 0 Å². The maximum Gasteiger partial charge on any atom is 0.306 e. The third kappa shape index (κ3) is 4.88. The number of carbonyl (C=O) groups excluding carboxylic acids is 3. The summed E-state index contributed by atoms with van der Waals surface area (Å²) in [5.41, 5.74) is 6.54. The second kappa shape index (κ2) is 10.0. The largest absolute Gasteiger partial charge is 0.463 e.